The number of rotatable bonds is 7. The van der Waals surface area contributed by atoms with Gasteiger partial charge < -0.3 is 9.64 Å². The lowest BCUT2D eigenvalue weighted by Crippen LogP contribution is -2.40. The number of carbonyl (C=O) groups excluding carboxylic acids is 1. The molecule has 158 valence electrons. The van der Waals surface area contributed by atoms with Gasteiger partial charge in [-0.2, -0.15) is 0 Å². The number of ether oxygens (including phenoxy) is 1. The van der Waals surface area contributed by atoms with Crippen LogP contribution in [0.15, 0.2) is 91.0 Å². The van der Waals surface area contributed by atoms with Gasteiger partial charge in [0.15, 0.2) is 0 Å². The Morgan fingerprint density at radius 2 is 1.65 bits per heavy atom. The van der Waals surface area contributed by atoms with Gasteiger partial charge in [-0.15, -0.1) is 0 Å². The maximum atomic E-state index is 12.2. The van der Waals surface area contributed by atoms with Crippen LogP contribution in [0.4, 0.5) is 5.69 Å². The zero-order valence-electron chi connectivity index (χ0n) is 17.4. The molecule has 1 aliphatic rings. The molecule has 0 bridgehead atoms. The molecule has 31 heavy (non-hydrogen) atoms. The molecule has 0 aromatic heterocycles. The van der Waals surface area contributed by atoms with E-state index >= 15 is 0 Å². The zero-order valence-corrected chi connectivity index (χ0v) is 17.4. The molecule has 5 nitrogen and oxygen atoms in total. The smallest absolute Gasteiger partial charge is 0.245 e. The van der Waals surface area contributed by atoms with Gasteiger partial charge in [-0.1, -0.05) is 72.8 Å². The van der Waals surface area contributed by atoms with E-state index in [2.05, 4.69) is 30.0 Å². The summed E-state index contributed by atoms with van der Waals surface area (Å²) in [4.78, 5) is 14.4. The van der Waals surface area contributed by atoms with Crippen molar-refractivity contribution in [1.29, 1.82) is 0 Å². The van der Waals surface area contributed by atoms with E-state index in [-0.39, 0.29) is 18.5 Å². The predicted molar refractivity (Wildman–Crippen MR) is 122 cm³/mol. The Bertz CT molecular complexity index is 1050. The lowest BCUT2D eigenvalue weighted by atomic mass is 9.91. The molecule has 0 radical (unpaired) electrons. The van der Waals surface area contributed by atoms with Crippen molar-refractivity contribution in [1.82, 2.24) is 5.48 Å². The summed E-state index contributed by atoms with van der Waals surface area (Å²) >= 11 is 0. The molecule has 5 heteroatoms. The molecule has 0 saturated carbocycles. The first kappa shape index (κ1) is 20.7. The van der Waals surface area contributed by atoms with Gasteiger partial charge in [-0.3, -0.25) is 10.0 Å². The van der Waals surface area contributed by atoms with E-state index in [9.17, 15) is 4.79 Å². The highest BCUT2D eigenvalue weighted by atomic mass is 16.5. The van der Waals surface area contributed by atoms with E-state index in [0.29, 0.717) is 6.61 Å². The van der Waals surface area contributed by atoms with Crippen LogP contribution >= 0.6 is 0 Å². The van der Waals surface area contributed by atoms with Gasteiger partial charge in [0.2, 0.25) is 5.91 Å². The standard InChI is InChI=1S/C26H26N2O3/c1-19-16-21(18-31-22-12-6-3-7-13-22)23-14-8-9-15-24(23)28(19)25(17-26(29)27-30)20-10-4-2-5-11-20/h2-16,19,25,30H,17-18H2,1H3,(H,27,29). The molecule has 4 rings (SSSR count). The molecule has 1 amide bonds. The highest BCUT2D eigenvalue weighted by Crippen LogP contribution is 2.40. The Hall–Kier alpha value is -3.57. The molecule has 3 aromatic carbocycles. The van der Waals surface area contributed by atoms with Gasteiger partial charge in [0, 0.05) is 17.3 Å². The number of para-hydroxylation sites is 2. The number of hydrogen-bond donors (Lipinski definition) is 2. The minimum absolute atomic E-state index is 0.0287. The van der Waals surface area contributed by atoms with Gasteiger partial charge >= 0.3 is 0 Å². The lowest BCUT2D eigenvalue weighted by molar-refractivity contribution is -0.129. The number of anilines is 1. The number of hydrogen-bond acceptors (Lipinski definition) is 4. The number of carbonyl (C=O) groups is 1. The second kappa shape index (κ2) is 9.49. The average Bonchev–Trinajstić information content (AvgIpc) is 2.82. The minimum atomic E-state index is -0.416. The largest absolute Gasteiger partial charge is 0.489 e. The van der Waals surface area contributed by atoms with Crippen molar-refractivity contribution in [3.63, 3.8) is 0 Å². The summed E-state index contributed by atoms with van der Waals surface area (Å²) in [5.41, 5.74) is 6.05. The topological polar surface area (TPSA) is 61.8 Å². The first-order valence-electron chi connectivity index (χ1n) is 10.4. The highest BCUT2D eigenvalue weighted by molar-refractivity contribution is 5.83. The molecule has 0 spiro atoms. The third-order valence-corrected chi connectivity index (χ3v) is 5.57. The van der Waals surface area contributed by atoms with E-state index < -0.39 is 5.91 Å². The molecule has 2 N–H and O–H groups in total. The minimum Gasteiger partial charge on any atom is -0.489 e. The van der Waals surface area contributed by atoms with E-state index in [4.69, 9.17) is 9.94 Å². The van der Waals surface area contributed by atoms with E-state index in [1.54, 1.807) is 5.48 Å². The van der Waals surface area contributed by atoms with Crippen molar-refractivity contribution < 1.29 is 14.7 Å². The van der Waals surface area contributed by atoms with Crippen molar-refractivity contribution in [2.24, 2.45) is 0 Å². The molecule has 1 heterocycles. The third-order valence-electron chi connectivity index (χ3n) is 5.57. The fourth-order valence-electron chi connectivity index (χ4n) is 4.18. The third kappa shape index (κ3) is 4.62. The summed E-state index contributed by atoms with van der Waals surface area (Å²) in [7, 11) is 0. The maximum absolute atomic E-state index is 12.2. The van der Waals surface area contributed by atoms with Crippen molar-refractivity contribution in [3.8, 4) is 5.75 Å². The second-order valence-corrected chi connectivity index (χ2v) is 7.62. The molecule has 2 unspecified atom stereocenters. The lowest BCUT2D eigenvalue weighted by Gasteiger charge is -2.41. The Labute approximate surface area is 182 Å². The Morgan fingerprint density at radius 3 is 2.35 bits per heavy atom. The van der Waals surface area contributed by atoms with Gasteiger partial charge in [0.1, 0.15) is 12.4 Å². The molecular weight excluding hydrogens is 388 g/mol. The van der Waals surface area contributed by atoms with Crippen LogP contribution in [0, 0.1) is 0 Å². The molecule has 0 aliphatic carbocycles. The Balaban J connectivity index is 1.68. The summed E-state index contributed by atoms with van der Waals surface area (Å²) in [5, 5.41) is 9.16. The van der Waals surface area contributed by atoms with Crippen LogP contribution in [-0.2, 0) is 4.79 Å². The number of fused-ring (bicyclic) bond motifs is 1. The zero-order chi connectivity index (χ0) is 21.6. The van der Waals surface area contributed by atoms with Crippen LogP contribution in [0.3, 0.4) is 0 Å². The SMILES string of the molecule is CC1C=C(COc2ccccc2)c2ccccc2N1C(CC(=O)NO)c1ccccc1. The van der Waals surface area contributed by atoms with E-state index in [1.807, 2.05) is 72.8 Å². The van der Waals surface area contributed by atoms with Crippen molar-refractivity contribution in [3.05, 3.63) is 102 Å². The van der Waals surface area contributed by atoms with Gasteiger partial charge in [0.25, 0.3) is 0 Å². The fourth-order valence-corrected chi connectivity index (χ4v) is 4.18. The second-order valence-electron chi connectivity index (χ2n) is 7.62. The van der Waals surface area contributed by atoms with Gasteiger partial charge in [0.05, 0.1) is 12.5 Å². The number of nitrogens with one attached hydrogen (secondary N) is 1. The summed E-state index contributed by atoms with van der Waals surface area (Å²) in [6.45, 7) is 2.58. The number of nitrogens with zero attached hydrogens (tertiary/aromatic N) is 1. The average molecular weight is 415 g/mol. The molecule has 1 aliphatic heterocycles. The van der Waals surface area contributed by atoms with Crippen molar-refractivity contribution >= 4 is 17.2 Å². The summed E-state index contributed by atoms with van der Waals surface area (Å²) in [6, 6.07) is 27.7. The first-order valence-corrected chi connectivity index (χ1v) is 10.4. The highest BCUT2D eigenvalue weighted by Gasteiger charge is 2.31. The number of hydroxylamine groups is 1. The monoisotopic (exact) mass is 414 g/mol. The molecule has 0 fully saturated rings. The normalized spacial score (nSPS) is 16.1. The molecule has 0 saturated heterocycles. The Morgan fingerprint density at radius 1 is 1.00 bits per heavy atom. The Kier molecular flexibility index (Phi) is 6.34. The predicted octanol–water partition coefficient (Wildman–Crippen LogP) is 4.99. The molecule has 3 aromatic rings. The fraction of sp³-hybridized carbons (Fsp3) is 0.192. The first-order chi connectivity index (χ1) is 15.2. The quantitative estimate of drug-likeness (QED) is 0.422. The van der Waals surface area contributed by atoms with Crippen LogP contribution in [-0.4, -0.2) is 23.8 Å². The van der Waals surface area contributed by atoms with Gasteiger partial charge in [-0.05, 0) is 36.3 Å². The van der Waals surface area contributed by atoms with Crippen LogP contribution < -0.4 is 15.1 Å². The van der Waals surface area contributed by atoms with Crippen LogP contribution in [0.25, 0.3) is 5.57 Å². The maximum Gasteiger partial charge on any atom is 0.245 e. The summed E-state index contributed by atoms with van der Waals surface area (Å²) in [6.07, 6.45) is 2.33. The summed E-state index contributed by atoms with van der Waals surface area (Å²) in [5.74, 6) is 0.415. The number of amides is 1. The molecular formula is C26H26N2O3. The van der Waals surface area contributed by atoms with Crippen LogP contribution in [0.2, 0.25) is 0 Å². The number of benzene rings is 3. The van der Waals surface area contributed by atoms with Crippen LogP contribution in [0.5, 0.6) is 5.75 Å². The van der Waals surface area contributed by atoms with Gasteiger partial charge in [-0.25, -0.2) is 5.48 Å². The van der Waals surface area contributed by atoms with Crippen LogP contribution in [0.1, 0.15) is 30.5 Å². The van der Waals surface area contributed by atoms with E-state index in [0.717, 1.165) is 28.1 Å². The summed E-state index contributed by atoms with van der Waals surface area (Å²) < 4.78 is 6.03. The van der Waals surface area contributed by atoms with Crippen molar-refractivity contribution in [2.45, 2.75) is 25.4 Å². The van der Waals surface area contributed by atoms with Crippen molar-refractivity contribution in [2.75, 3.05) is 11.5 Å². The van der Waals surface area contributed by atoms with E-state index in [1.165, 1.54) is 0 Å². The molecule has 2 atom stereocenters.